The Kier molecular flexibility index (Phi) is 3.77. The minimum Gasteiger partial charge on any atom is -0.326 e. The molecule has 6 heteroatoms. The quantitative estimate of drug-likeness (QED) is 0.853. The average Bonchev–Trinajstić information content (AvgIpc) is 3.17. The summed E-state index contributed by atoms with van der Waals surface area (Å²) in [6.45, 7) is 0.852. The number of anilines is 1. The maximum atomic E-state index is 12.7. The first-order valence-electron chi connectivity index (χ1n) is 8.47. The molecule has 1 aromatic carbocycles. The Morgan fingerprint density at radius 2 is 2.08 bits per heavy atom. The second-order valence-corrected chi connectivity index (χ2v) is 9.15. The molecule has 128 valence electrons. The van der Waals surface area contributed by atoms with Gasteiger partial charge < -0.3 is 5.32 Å². The molecule has 1 saturated carbocycles. The fourth-order valence-electron chi connectivity index (χ4n) is 4.29. The second-order valence-electron chi connectivity index (χ2n) is 7.17. The van der Waals surface area contributed by atoms with Crippen LogP contribution < -0.4 is 5.32 Å². The van der Waals surface area contributed by atoms with Crippen LogP contribution in [0.25, 0.3) is 0 Å². The summed E-state index contributed by atoms with van der Waals surface area (Å²) in [7, 11) is -3.19. The van der Waals surface area contributed by atoms with Crippen LogP contribution in [0, 0.1) is 17.8 Å². The summed E-state index contributed by atoms with van der Waals surface area (Å²) >= 11 is 0. The highest BCUT2D eigenvalue weighted by Gasteiger charge is 2.40. The van der Waals surface area contributed by atoms with E-state index in [9.17, 15) is 13.2 Å². The van der Waals surface area contributed by atoms with E-state index in [2.05, 4.69) is 17.5 Å². The number of carbonyl (C=O) groups excluding carboxylic acids is 1. The molecular weight excluding hydrogens is 324 g/mol. The second kappa shape index (κ2) is 5.70. The molecule has 4 rings (SSSR count). The molecule has 3 unspecified atom stereocenters. The number of nitrogens with one attached hydrogen (secondary N) is 1. The van der Waals surface area contributed by atoms with Gasteiger partial charge in [0.1, 0.15) is 0 Å². The molecule has 2 aliphatic carbocycles. The lowest BCUT2D eigenvalue weighted by Crippen LogP contribution is -2.35. The summed E-state index contributed by atoms with van der Waals surface area (Å²) in [6.07, 6.45) is 8.35. The van der Waals surface area contributed by atoms with Crippen molar-refractivity contribution in [2.75, 3.05) is 18.1 Å². The van der Waals surface area contributed by atoms with Crippen molar-refractivity contribution in [2.45, 2.75) is 25.8 Å². The van der Waals surface area contributed by atoms with E-state index in [0.29, 0.717) is 31.3 Å². The Hall–Kier alpha value is -1.66. The molecule has 3 aliphatic rings. The Bertz CT molecular complexity index is 816. The standard InChI is InChI=1S/C18H22N2O3S/c1-24(22,23)20-8-7-15-14(11-20)3-2-4-17(15)19-18(21)16-10-12-5-6-13(16)9-12/h2-6,12-13,16H,7-11H2,1H3,(H,19,21). The smallest absolute Gasteiger partial charge is 0.228 e. The van der Waals surface area contributed by atoms with Gasteiger partial charge in [-0.25, -0.2) is 8.42 Å². The van der Waals surface area contributed by atoms with Gasteiger partial charge in [0.15, 0.2) is 0 Å². The van der Waals surface area contributed by atoms with Crippen molar-refractivity contribution >= 4 is 21.6 Å². The lowest BCUT2D eigenvalue weighted by Gasteiger charge is -2.28. The molecule has 1 fully saturated rings. The Morgan fingerprint density at radius 3 is 2.75 bits per heavy atom. The van der Waals surface area contributed by atoms with Crippen molar-refractivity contribution in [3.8, 4) is 0 Å². The third kappa shape index (κ3) is 2.78. The van der Waals surface area contributed by atoms with Gasteiger partial charge in [-0.3, -0.25) is 4.79 Å². The molecule has 1 aliphatic heterocycles. The molecule has 1 N–H and O–H groups in total. The van der Waals surface area contributed by atoms with Crippen molar-refractivity contribution in [2.24, 2.45) is 17.8 Å². The largest absolute Gasteiger partial charge is 0.326 e. The molecule has 0 saturated heterocycles. The molecule has 0 radical (unpaired) electrons. The molecule has 3 atom stereocenters. The van der Waals surface area contributed by atoms with Crippen molar-refractivity contribution in [3.63, 3.8) is 0 Å². The summed E-state index contributed by atoms with van der Waals surface area (Å²) in [6, 6.07) is 5.76. The fourth-order valence-corrected chi connectivity index (χ4v) is 5.09. The molecule has 1 amide bonds. The van der Waals surface area contributed by atoms with Crippen LogP contribution in [0.3, 0.4) is 0 Å². The molecule has 24 heavy (non-hydrogen) atoms. The van der Waals surface area contributed by atoms with Gasteiger partial charge in [0, 0.05) is 24.7 Å². The van der Waals surface area contributed by atoms with Crippen LogP contribution in [0.15, 0.2) is 30.4 Å². The van der Waals surface area contributed by atoms with Gasteiger partial charge in [0.05, 0.1) is 6.26 Å². The Labute approximate surface area is 142 Å². The molecular formula is C18H22N2O3S. The third-order valence-corrected chi connectivity index (χ3v) is 6.82. The number of amides is 1. The molecule has 1 heterocycles. The van der Waals surface area contributed by atoms with E-state index in [1.54, 1.807) is 0 Å². The monoisotopic (exact) mass is 346 g/mol. The van der Waals surface area contributed by atoms with Crippen LogP contribution in [0.2, 0.25) is 0 Å². The molecule has 1 aromatic rings. The zero-order valence-corrected chi connectivity index (χ0v) is 14.6. The molecule has 5 nitrogen and oxygen atoms in total. The van der Waals surface area contributed by atoms with Crippen LogP contribution in [-0.2, 0) is 27.8 Å². The maximum absolute atomic E-state index is 12.7. The fraction of sp³-hybridized carbons (Fsp3) is 0.500. The topological polar surface area (TPSA) is 66.5 Å². The number of sulfonamides is 1. The van der Waals surface area contributed by atoms with Crippen molar-refractivity contribution in [1.82, 2.24) is 4.31 Å². The number of nitrogens with zero attached hydrogens (tertiary/aromatic N) is 1. The number of hydrogen-bond acceptors (Lipinski definition) is 3. The Morgan fingerprint density at radius 1 is 1.25 bits per heavy atom. The summed E-state index contributed by atoms with van der Waals surface area (Å²) in [5, 5.41) is 3.11. The van der Waals surface area contributed by atoms with E-state index >= 15 is 0 Å². The highest BCUT2D eigenvalue weighted by atomic mass is 32.2. The van der Waals surface area contributed by atoms with Crippen LogP contribution in [-0.4, -0.2) is 31.4 Å². The van der Waals surface area contributed by atoms with Gasteiger partial charge >= 0.3 is 0 Å². The Balaban J connectivity index is 1.53. The zero-order valence-electron chi connectivity index (χ0n) is 13.7. The lowest BCUT2D eigenvalue weighted by atomic mass is 9.92. The predicted molar refractivity (Wildman–Crippen MR) is 92.9 cm³/mol. The number of fused-ring (bicyclic) bond motifs is 3. The lowest BCUT2D eigenvalue weighted by molar-refractivity contribution is -0.120. The van der Waals surface area contributed by atoms with E-state index in [-0.39, 0.29) is 11.8 Å². The van der Waals surface area contributed by atoms with Crippen LogP contribution in [0.5, 0.6) is 0 Å². The van der Waals surface area contributed by atoms with Crippen LogP contribution in [0.1, 0.15) is 24.0 Å². The van der Waals surface area contributed by atoms with Gasteiger partial charge in [-0.2, -0.15) is 4.31 Å². The zero-order chi connectivity index (χ0) is 16.9. The van der Waals surface area contributed by atoms with Crippen molar-refractivity contribution < 1.29 is 13.2 Å². The molecule has 0 aromatic heterocycles. The number of allylic oxidation sites excluding steroid dienone is 2. The number of hydrogen-bond donors (Lipinski definition) is 1. The van der Waals surface area contributed by atoms with Gasteiger partial charge in [0.2, 0.25) is 15.9 Å². The summed E-state index contributed by atoms with van der Waals surface area (Å²) in [5.41, 5.74) is 2.90. The van der Waals surface area contributed by atoms with Crippen molar-refractivity contribution in [1.29, 1.82) is 0 Å². The minimum atomic E-state index is -3.19. The van der Waals surface area contributed by atoms with Gasteiger partial charge in [0.25, 0.3) is 0 Å². The SMILES string of the molecule is CS(=O)(=O)N1CCc2c(cccc2NC(=O)C2CC3C=CC2C3)C1. The highest BCUT2D eigenvalue weighted by Crippen LogP contribution is 2.44. The van der Waals surface area contributed by atoms with E-state index in [1.807, 2.05) is 18.2 Å². The first-order chi connectivity index (χ1) is 11.4. The van der Waals surface area contributed by atoms with Gasteiger partial charge in [-0.15, -0.1) is 0 Å². The summed E-state index contributed by atoms with van der Waals surface area (Å²) in [5.74, 6) is 1.13. The minimum absolute atomic E-state index is 0.0759. The van der Waals surface area contributed by atoms with Crippen LogP contribution in [0.4, 0.5) is 5.69 Å². The average molecular weight is 346 g/mol. The summed E-state index contributed by atoms with van der Waals surface area (Å²) < 4.78 is 25.0. The van der Waals surface area contributed by atoms with Crippen LogP contribution >= 0.6 is 0 Å². The number of carbonyl (C=O) groups is 1. The highest BCUT2D eigenvalue weighted by molar-refractivity contribution is 7.88. The molecule has 0 spiro atoms. The van der Waals surface area contributed by atoms with Gasteiger partial charge in [-0.05, 0) is 48.3 Å². The summed E-state index contributed by atoms with van der Waals surface area (Å²) in [4.78, 5) is 12.7. The van der Waals surface area contributed by atoms with E-state index < -0.39 is 10.0 Å². The predicted octanol–water partition coefficient (Wildman–Crippen LogP) is 2.16. The van der Waals surface area contributed by atoms with E-state index in [0.717, 1.165) is 29.7 Å². The number of rotatable bonds is 3. The first-order valence-corrected chi connectivity index (χ1v) is 10.3. The van der Waals surface area contributed by atoms with E-state index in [4.69, 9.17) is 0 Å². The maximum Gasteiger partial charge on any atom is 0.228 e. The van der Waals surface area contributed by atoms with E-state index in [1.165, 1.54) is 10.6 Å². The third-order valence-electron chi connectivity index (χ3n) is 5.57. The van der Waals surface area contributed by atoms with Gasteiger partial charge in [-0.1, -0.05) is 24.3 Å². The normalized spacial score (nSPS) is 28.8. The number of benzene rings is 1. The first kappa shape index (κ1) is 15.8. The molecule has 2 bridgehead atoms. The van der Waals surface area contributed by atoms with Crippen molar-refractivity contribution in [3.05, 3.63) is 41.5 Å².